The van der Waals surface area contributed by atoms with Crippen LogP contribution in [-0.4, -0.2) is 25.3 Å². The Bertz CT molecular complexity index is 696. The van der Waals surface area contributed by atoms with Crippen LogP contribution < -0.4 is 4.74 Å². The number of allylic oxidation sites excluding steroid dienone is 1. The SMILES string of the molecule is C=C(C)CCc1c(OC)cc2oc(C(=O)OC)cc2c1O. The molecule has 0 unspecified atom stereocenters. The summed E-state index contributed by atoms with van der Waals surface area (Å²) in [6, 6.07) is 3.13. The van der Waals surface area contributed by atoms with Crippen molar-refractivity contribution in [1.29, 1.82) is 0 Å². The van der Waals surface area contributed by atoms with Crippen LogP contribution in [0.15, 0.2) is 28.7 Å². The largest absolute Gasteiger partial charge is 0.507 e. The van der Waals surface area contributed by atoms with Gasteiger partial charge in [-0.2, -0.15) is 0 Å². The minimum absolute atomic E-state index is 0.0434. The van der Waals surface area contributed by atoms with Gasteiger partial charge in [0, 0.05) is 17.7 Å². The van der Waals surface area contributed by atoms with Gasteiger partial charge in [-0.25, -0.2) is 4.79 Å². The summed E-state index contributed by atoms with van der Waals surface area (Å²) in [6.45, 7) is 5.78. The van der Waals surface area contributed by atoms with E-state index in [4.69, 9.17) is 9.15 Å². The summed E-state index contributed by atoms with van der Waals surface area (Å²) in [4.78, 5) is 11.5. The summed E-state index contributed by atoms with van der Waals surface area (Å²) < 4.78 is 15.3. The van der Waals surface area contributed by atoms with Crippen LogP contribution in [0.3, 0.4) is 0 Å². The molecule has 1 aromatic heterocycles. The first kappa shape index (κ1) is 15.0. The van der Waals surface area contributed by atoms with Gasteiger partial charge in [0.05, 0.1) is 19.6 Å². The maximum Gasteiger partial charge on any atom is 0.373 e. The molecule has 0 aliphatic heterocycles. The lowest BCUT2D eigenvalue weighted by molar-refractivity contribution is 0.0567. The average Bonchev–Trinajstić information content (AvgIpc) is 2.89. The van der Waals surface area contributed by atoms with Gasteiger partial charge in [-0.15, -0.1) is 6.58 Å². The third-order valence-electron chi connectivity index (χ3n) is 3.27. The first-order valence-corrected chi connectivity index (χ1v) is 6.53. The molecule has 0 fully saturated rings. The molecule has 0 saturated heterocycles. The molecule has 1 heterocycles. The minimum Gasteiger partial charge on any atom is -0.507 e. The zero-order chi connectivity index (χ0) is 15.6. The van der Waals surface area contributed by atoms with Crippen molar-refractivity contribution in [3.05, 3.63) is 35.6 Å². The second kappa shape index (κ2) is 5.91. The van der Waals surface area contributed by atoms with Gasteiger partial charge in [0.25, 0.3) is 0 Å². The number of carbonyl (C=O) groups excluding carboxylic acids is 1. The molecule has 5 heteroatoms. The molecule has 2 rings (SSSR count). The molecule has 0 spiro atoms. The number of furan rings is 1. The van der Waals surface area contributed by atoms with Crippen molar-refractivity contribution in [2.75, 3.05) is 14.2 Å². The highest BCUT2D eigenvalue weighted by atomic mass is 16.5. The second-order valence-corrected chi connectivity index (χ2v) is 4.88. The Labute approximate surface area is 122 Å². The van der Waals surface area contributed by atoms with Gasteiger partial charge >= 0.3 is 5.97 Å². The van der Waals surface area contributed by atoms with E-state index in [0.29, 0.717) is 28.7 Å². The summed E-state index contributed by atoms with van der Waals surface area (Å²) in [5, 5.41) is 10.9. The highest BCUT2D eigenvalue weighted by Crippen LogP contribution is 2.39. The highest BCUT2D eigenvalue weighted by molar-refractivity contribution is 5.96. The standard InChI is InChI=1S/C16H18O5/c1-9(2)5-6-10-12(19-3)8-13-11(15(10)17)7-14(21-13)16(18)20-4/h7-8,17H,1,5-6H2,2-4H3. The summed E-state index contributed by atoms with van der Waals surface area (Å²) >= 11 is 0. The summed E-state index contributed by atoms with van der Waals surface area (Å²) in [6.07, 6.45) is 1.33. The number of rotatable bonds is 5. The van der Waals surface area contributed by atoms with Gasteiger partial charge in [0.1, 0.15) is 17.1 Å². The van der Waals surface area contributed by atoms with Crippen molar-refractivity contribution >= 4 is 16.9 Å². The van der Waals surface area contributed by atoms with Gasteiger partial charge in [-0.1, -0.05) is 5.57 Å². The third-order valence-corrected chi connectivity index (χ3v) is 3.27. The molecule has 0 bridgehead atoms. The smallest absolute Gasteiger partial charge is 0.373 e. The molecule has 0 aliphatic carbocycles. The van der Waals surface area contributed by atoms with E-state index in [0.717, 1.165) is 12.0 Å². The Balaban J connectivity index is 2.55. The molecule has 0 aliphatic rings. The number of esters is 1. The number of carbonyl (C=O) groups is 1. The lowest BCUT2D eigenvalue weighted by atomic mass is 10.0. The first-order valence-electron chi connectivity index (χ1n) is 6.53. The van der Waals surface area contributed by atoms with Gasteiger partial charge in [0.2, 0.25) is 5.76 Å². The van der Waals surface area contributed by atoms with Gasteiger partial charge in [0.15, 0.2) is 0 Å². The van der Waals surface area contributed by atoms with E-state index in [-0.39, 0.29) is 11.5 Å². The molecule has 112 valence electrons. The number of ether oxygens (including phenoxy) is 2. The molecule has 1 aromatic carbocycles. The predicted molar refractivity (Wildman–Crippen MR) is 78.9 cm³/mol. The summed E-state index contributed by atoms with van der Waals surface area (Å²) in [5.74, 6) is 0.0338. The summed E-state index contributed by atoms with van der Waals surface area (Å²) in [7, 11) is 2.79. The maximum atomic E-state index is 11.5. The number of phenolic OH excluding ortho intramolecular Hbond substituents is 1. The van der Waals surface area contributed by atoms with E-state index in [1.165, 1.54) is 20.3 Å². The molecule has 5 nitrogen and oxygen atoms in total. The van der Waals surface area contributed by atoms with Crippen molar-refractivity contribution in [3.63, 3.8) is 0 Å². The number of aromatic hydroxyl groups is 1. The average molecular weight is 290 g/mol. The van der Waals surface area contributed by atoms with Crippen LogP contribution in [0.2, 0.25) is 0 Å². The molecule has 0 saturated carbocycles. The minimum atomic E-state index is -0.590. The fourth-order valence-electron chi connectivity index (χ4n) is 2.15. The summed E-state index contributed by atoms with van der Waals surface area (Å²) in [5.41, 5.74) is 2.06. The predicted octanol–water partition coefficient (Wildman–Crippen LogP) is 3.44. The van der Waals surface area contributed by atoms with E-state index in [2.05, 4.69) is 11.3 Å². The Morgan fingerprint density at radius 1 is 1.38 bits per heavy atom. The molecule has 21 heavy (non-hydrogen) atoms. The molecular formula is C16H18O5. The number of fused-ring (bicyclic) bond motifs is 1. The molecular weight excluding hydrogens is 272 g/mol. The number of hydrogen-bond acceptors (Lipinski definition) is 5. The molecule has 0 amide bonds. The van der Waals surface area contributed by atoms with Gasteiger partial charge in [-0.3, -0.25) is 0 Å². The molecule has 0 atom stereocenters. The van der Waals surface area contributed by atoms with E-state index in [1.807, 2.05) is 6.92 Å². The van der Waals surface area contributed by atoms with Crippen molar-refractivity contribution in [3.8, 4) is 11.5 Å². The van der Waals surface area contributed by atoms with Crippen LogP contribution in [0.1, 0.15) is 29.5 Å². The van der Waals surface area contributed by atoms with Crippen LogP contribution in [-0.2, 0) is 11.2 Å². The molecule has 2 aromatic rings. The van der Waals surface area contributed by atoms with Gasteiger partial charge in [-0.05, 0) is 19.8 Å². The van der Waals surface area contributed by atoms with Crippen LogP contribution >= 0.6 is 0 Å². The number of phenols is 1. The lowest BCUT2D eigenvalue weighted by Crippen LogP contribution is -1.97. The number of hydrogen-bond donors (Lipinski definition) is 1. The van der Waals surface area contributed by atoms with Crippen molar-refractivity contribution in [2.45, 2.75) is 19.8 Å². The topological polar surface area (TPSA) is 68.9 Å². The van der Waals surface area contributed by atoms with E-state index >= 15 is 0 Å². The molecule has 1 N–H and O–H groups in total. The zero-order valence-electron chi connectivity index (χ0n) is 12.4. The number of methoxy groups -OCH3 is 2. The van der Waals surface area contributed by atoms with Crippen molar-refractivity contribution < 1.29 is 23.8 Å². The van der Waals surface area contributed by atoms with Crippen molar-refractivity contribution in [2.24, 2.45) is 0 Å². The Kier molecular flexibility index (Phi) is 4.21. The Hall–Kier alpha value is -2.43. The lowest BCUT2D eigenvalue weighted by Gasteiger charge is -2.11. The van der Waals surface area contributed by atoms with Gasteiger partial charge < -0.3 is 19.0 Å². The maximum absolute atomic E-state index is 11.5. The highest BCUT2D eigenvalue weighted by Gasteiger charge is 2.20. The van der Waals surface area contributed by atoms with Crippen LogP contribution in [0.5, 0.6) is 11.5 Å². The van der Waals surface area contributed by atoms with E-state index < -0.39 is 5.97 Å². The Morgan fingerprint density at radius 2 is 2.10 bits per heavy atom. The van der Waals surface area contributed by atoms with Crippen LogP contribution in [0.4, 0.5) is 0 Å². The van der Waals surface area contributed by atoms with Crippen molar-refractivity contribution in [1.82, 2.24) is 0 Å². The number of benzene rings is 1. The fourth-order valence-corrected chi connectivity index (χ4v) is 2.15. The first-order chi connectivity index (χ1) is 9.97. The quantitative estimate of drug-likeness (QED) is 0.674. The Morgan fingerprint density at radius 3 is 2.67 bits per heavy atom. The zero-order valence-corrected chi connectivity index (χ0v) is 12.4. The second-order valence-electron chi connectivity index (χ2n) is 4.88. The van der Waals surface area contributed by atoms with E-state index in [9.17, 15) is 9.90 Å². The van der Waals surface area contributed by atoms with Crippen LogP contribution in [0, 0.1) is 0 Å². The van der Waals surface area contributed by atoms with E-state index in [1.54, 1.807) is 6.07 Å². The normalized spacial score (nSPS) is 10.6. The molecule has 0 radical (unpaired) electrons. The van der Waals surface area contributed by atoms with Crippen LogP contribution in [0.25, 0.3) is 11.0 Å². The third kappa shape index (κ3) is 2.86. The monoisotopic (exact) mass is 290 g/mol. The fraction of sp³-hybridized carbons (Fsp3) is 0.312.